The molecule has 1 aliphatic heterocycles. The summed E-state index contributed by atoms with van der Waals surface area (Å²) in [5, 5.41) is 3.39. The molecule has 0 aliphatic carbocycles. The number of hydrogen-bond donors (Lipinski definition) is 1. The topological polar surface area (TPSA) is 21.3 Å². The van der Waals surface area contributed by atoms with Crippen LogP contribution in [0.2, 0.25) is 0 Å². The second-order valence-electron chi connectivity index (χ2n) is 4.38. The Morgan fingerprint density at radius 1 is 1.41 bits per heavy atom. The Bertz CT molecular complexity index is 262. The van der Waals surface area contributed by atoms with Crippen molar-refractivity contribution in [2.24, 2.45) is 5.92 Å². The van der Waals surface area contributed by atoms with Gasteiger partial charge in [0, 0.05) is 18.2 Å². The summed E-state index contributed by atoms with van der Waals surface area (Å²) in [7, 11) is 0. The lowest BCUT2D eigenvalue weighted by Gasteiger charge is -2.27. The molecule has 17 heavy (non-hydrogen) atoms. The van der Waals surface area contributed by atoms with Gasteiger partial charge >= 0.3 is 0 Å². The molecule has 1 saturated heterocycles. The van der Waals surface area contributed by atoms with Gasteiger partial charge in [0.15, 0.2) is 0 Å². The van der Waals surface area contributed by atoms with Crippen LogP contribution in [-0.2, 0) is 4.74 Å². The minimum Gasteiger partial charge on any atom is -0.384 e. The monoisotopic (exact) mass is 237 g/mol. The molecule has 0 aromatic heterocycles. The van der Waals surface area contributed by atoms with Gasteiger partial charge in [-0.3, -0.25) is 0 Å². The van der Waals surface area contributed by atoms with E-state index in [0.29, 0.717) is 5.92 Å². The average molecular weight is 237 g/mol. The molecule has 2 heteroatoms. The summed E-state index contributed by atoms with van der Waals surface area (Å²) < 4.78 is 5.11. The lowest BCUT2D eigenvalue weighted by Crippen LogP contribution is -2.36. The summed E-state index contributed by atoms with van der Waals surface area (Å²) >= 11 is 0. The number of hydrogen-bond acceptors (Lipinski definition) is 2. The quantitative estimate of drug-likeness (QED) is 0.737. The van der Waals surface area contributed by atoms with Crippen LogP contribution in [0.1, 0.15) is 34.1 Å². The molecule has 2 nitrogen and oxygen atoms in total. The zero-order valence-electron chi connectivity index (χ0n) is 11.8. The van der Waals surface area contributed by atoms with Crippen molar-refractivity contribution >= 4 is 0 Å². The standard InChI is InChI=1S/C12H19NO.C3H8/c1-4-5-6-12(10(2)3)13-7-11-8-14-9-11;1-3-2/h4-6,11,13H,2,7-9H2,1,3H3;3H2,1-2H3/b5-4-,12-6+;. The summed E-state index contributed by atoms with van der Waals surface area (Å²) in [5.41, 5.74) is 2.19. The first-order valence-electron chi connectivity index (χ1n) is 6.46. The molecule has 0 atom stereocenters. The van der Waals surface area contributed by atoms with Gasteiger partial charge in [-0.2, -0.15) is 0 Å². The largest absolute Gasteiger partial charge is 0.384 e. The van der Waals surface area contributed by atoms with Crippen LogP contribution in [0.15, 0.2) is 36.1 Å². The van der Waals surface area contributed by atoms with Crippen molar-refractivity contribution in [3.63, 3.8) is 0 Å². The van der Waals surface area contributed by atoms with Crippen molar-refractivity contribution in [3.05, 3.63) is 36.1 Å². The second kappa shape index (κ2) is 10.2. The molecule has 0 aromatic carbocycles. The third-order valence-corrected chi connectivity index (χ3v) is 2.20. The predicted octanol–water partition coefficient (Wildman–Crippen LogP) is 3.67. The summed E-state index contributed by atoms with van der Waals surface area (Å²) in [4.78, 5) is 0. The molecular formula is C15H27NO. The van der Waals surface area contributed by atoms with E-state index < -0.39 is 0 Å². The van der Waals surface area contributed by atoms with Gasteiger partial charge in [0.25, 0.3) is 0 Å². The first-order valence-corrected chi connectivity index (χ1v) is 6.46. The van der Waals surface area contributed by atoms with E-state index in [9.17, 15) is 0 Å². The minimum absolute atomic E-state index is 0.670. The molecule has 1 aliphatic rings. The van der Waals surface area contributed by atoms with Crippen molar-refractivity contribution < 1.29 is 4.74 Å². The molecule has 1 N–H and O–H groups in total. The molecule has 1 heterocycles. The molecule has 0 radical (unpaired) electrons. The van der Waals surface area contributed by atoms with E-state index in [1.807, 2.05) is 26.0 Å². The maximum atomic E-state index is 5.11. The van der Waals surface area contributed by atoms with Crippen molar-refractivity contribution in [2.45, 2.75) is 34.1 Å². The maximum Gasteiger partial charge on any atom is 0.0533 e. The Morgan fingerprint density at radius 3 is 2.35 bits per heavy atom. The maximum absolute atomic E-state index is 5.11. The molecule has 1 rings (SSSR count). The van der Waals surface area contributed by atoms with Gasteiger partial charge in [-0.1, -0.05) is 39.0 Å². The van der Waals surface area contributed by atoms with E-state index in [1.165, 1.54) is 6.42 Å². The highest BCUT2D eigenvalue weighted by Gasteiger charge is 2.17. The summed E-state index contributed by atoms with van der Waals surface area (Å²) in [6.45, 7) is 15.0. The molecule has 0 aromatic rings. The SMILES string of the molecule is C=C(C)/C(=C\C=C/C)NCC1COC1.CCC. The Kier molecular flexibility index (Phi) is 9.55. The Balaban J connectivity index is 0.000000770. The molecule has 0 saturated carbocycles. The first kappa shape index (κ1) is 16.0. The van der Waals surface area contributed by atoms with Gasteiger partial charge in [0.05, 0.1) is 13.2 Å². The number of ether oxygens (including phenoxy) is 1. The highest BCUT2D eigenvalue weighted by Crippen LogP contribution is 2.10. The van der Waals surface area contributed by atoms with Crippen LogP contribution < -0.4 is 5.32 Å². The Labute approximate surface area is 106 Å². The van der Waals surface area contributed by atoms with Crippen LogP contribution in [0.3, 0.4) is 0 Å². The molecule has 1 fully saturated rings. The molecule has 98 valence electrons. The first-order chi connectivity index (χ1) is 8.15. The van der Waals surface area contributed by atoms with Crippen molar-refractivity contribution in [1.82, 2.24) is 5.32 Å². The highest BCUT2D eigenvalue weighted by molar-refractivity contribution is 5.28. The third kappa shape index (κ3) is 7.81. The van der Waals surface area contributed by atoms with Gasteiger partial charge in [0.1, 0.15) is 0 Å². The summed E-state index contributed by atoms with van der Waals surface area (Å²) in [6.07, 6.45) is 7.34. The predicted molar refractivity (Wildman–Crippen MR) is 76.0 cm³/mol. The number of rotatable bonds is 5. The fraction of sp³-hybridized carbons (Fsp3) is 0.600. The van der Waals surface area contributed by atoms with Crippen LogP contribution in [-0.4, -0.2) is 19.8 Å². The van der Waals surface area contributed by atoms with Crippen LogP contribution in [0.4, 0.5) is 0 Å². The van der Waals surface area contributed by atoms with Gasteiger partial charge in [-0.15, -0.1) is 0 Å². The van der Waals surface area contributed by atoms with Crippen LogP contribution in [0.5, 0.6) is 0 Å². The molecule has 0 spiro atoms. The van der Waals surface area contributed by atoms with E-state index in [4.69, 9.17) is 4.74 Å². The fourth-order valence-corrected chi connectivity index (χ4v) is 1.20. The van der Waals surface area contributed by atoms with Gasteiger partial charge in [-0.05, 0) is 25.5 Å². The second-order valence-corrected chi connectivity index (χ2v) is 4.38. The van der Waals surface area contributed by atoms with Crippen LogP contribution in [0.25, 0.3) is 0 Å². The molecular weight excluding hydrogens is 210 g/mol. The number of allylic oxidation sites excluding steroid dienone is 4. The van der Waals surface area contributed by atoms with E-state index in [-0.39, 0.29) is 0 Å². The van der Waals surface area contributed by atoms with Gasteiger partial charge < -0.3 is 10.1 Å². The lowest BCUT2D eigenvalue weighted by atomic mass is 10.1. The van der Waals surface area contributed by atoms with Crippen molar-refractivity contribution in [2.75, 3.05) is 19.8 Å². The highest BCUT2D eigenvalue weighted by atomic mass is 16.5. The smallest absolute Gasteiger partial charge is 0.0533 e. The normalized spacial score (nSPS) is 16.1. The summed E-state index contributed by atoms with van der Waals surface area (Å²) in [6, 6.07) is 0. The van der Waals surface area contributed by atoms with Gasteiger partial charge in [0.2, 0.25) is 0 Å². The van der Waals surface area contributed by atoms with Crippen LogP contribution >= 0.6 is 0 Å². The van der Waals surface area contributed by atoms with E-state index in [0.717, 1.165) is 31.0 Å². The lowest BCUT2D eigenvalue weighted by molar-refractivity contribution is -0.0295. The minimum atomic E-state index is 0.670. The molecule has 0 amide bonds. The van der Waals surface area contributed by atoms with Crippen LogP contribution in [0, 0.1) is 5.92 Å². The van der Waals surface area contributed by atoms with Gasteiger partial charge in [-0.25, -0.2) is 0 Å². The zero-order chi connectivity index (χ0) is 13.1. The van der Waals surface area contributed by atoms with Crippen molar-refractivity contribution in [1.29, 1.82) is 0 Å². The Hall–Kier alpha value is -1.02. The van der Waals surface area contributed by atoms with Crippen molar-refractivity contribution in [3.8, 4) is 0 Å². The zero-order valence-corrected chi connectivity index (χ0v) is 11.8. The molecule has 0 bridgehead atoms. The number of nitrogens with one attached hydrogen (secondary N) is 1. The third-order valence-electron chi connectivity index (χ3n) is 2.20. The summed E-state index contributed by atoms with van der Waals surface area (Å²) in [5.74, 6) is 0.670. The molecule has 0 unspecified atom stereocenters. The average Bonchev–Trinajstić information content (AvgIpc) is 2.21. The Morgan fingerprint density at radius 2 is 2.00 bits per heavy atom. The van der Waals surface area contributed by atoms with E-state index in [2.05, 4.69) is 31.8 Å². The van der Waals surface area contributed by atoms with E-state index >= 15 is 0 Å². The van der Waals surface area contributed by atoms with E-state index in [1.54, 1.807) is 0 Å². The fourth-order valence-electron chi connectivity index (χ4n) is 1.20.